The zero-order valence-corrected chi connectivity index (χ0v) is 16.3. The van der Waals surface area contributed by atoms with Gasteiger partial charge in [-0.3, -0.25) is 0 Å². The summed E-state index contributed by atoms with van der Waals surface area (Å²) in [6, 6.07) is 7.32. The molecule has 25 heavy (non-hydrogen) atoms. The van der Waals surface area contributed by atoms with Crippen molar-refractivity contribution in [2.24, 2.45) is 0 Å². The predicted octanol–water partition coefficient (Wildman–Crippen LogP) is 1.39. The molecule has 0 amide bonds. The second-order valence-electron chi connectivity index (χ2n) is 4.56. The van der Waals surface area contributed by atoms with E-state index in [0.29, 0.717) is 20.8 Å². The summed E-state index contributed by atoms with van der Waals surface area (Å²) in [5.74, 6) is 1.34. The maximum absolute atomic E-state index is 12.3. The third-order valence-corrected chi connectivity index (χ3v) is 6.73. The second-order valence-corrected chi connectivity index (χ2v) is 7.75. The van der Waals surface area contributed by atoms with Gasteiger partial charge in [0, 0.05) is 18.2 Å². The molecule has 0 spiro atoms. The van der Waals surface area contributed by atoms with Crippen molar-refractivity contribution in [2.45, 2.75) is 6.36 Å². The third kappa shape index (κ3) is 5.21. The van der Waals surface area contributed by atoms with E-state index in [2.05, 4.69) is 4.74 Å². The van der Waals surface area contributed by atoms with Crippen molar-refractivity contribution >= 4 is 11.6 Å². The molecule has 136 valence electrons. The Bertz CT molecular complexity index is 728. The molecule has 0 aromatic heterocycles. The fourth-order valence-corrected chi connectivity index (χ4v) is 4.96. The average Bonchev–Trinajstić information content (AvgIpc) is 2.55. The van der Waals surface area contributed by atoms with E-state index in [0.717, 1.165) is 9.64 Å². The van der Waals surface area contributed by atoms with Crippen molar-refractivity contribution in [3.05, 3.63) is 42.5 Å². The quantitative estimate of drug-likeness (QED) is 0.575. The number of hydrogen-bond donors (Lipinski definition) is 0. The van der Waals surface area contributed by atoms with Crippen molar-refractivity contribution in [1.29, 1.82) is 0 Å². The van der Waals surface area contributed by atoms with Gasteiger partial charge in [0.25, 0.3) is 3.57 Å². The summed E-state index contributed by atoms with van der Waals surface area (Å²) in [5.41, 5.74) is 0. The number of methoxy groups -OCH3 is 3. The van der Waals surface area contributed by atoms with Crippen LogP contribution in [-0.4, -0.2) is 27.7 Å². The first-order chi connectivity index (χ1) is 11.8. The molecular weight excluding hydrogens is 476 g/mol. The number of rotatable bonds is 6. The predicted molar refractivity (Wildman–Crippen MR) is 81.6 cm³/mol. The Morgan fingerprint density at radius 2 is 1.48 bits per heavy atom. The van der Waals surface area contributed by atoms with Gasteiger partial charge in [-0.25, -0.2) is 0 Å². The van der Waals surface area contributed by atoms with Crippen LogP contribution in [0.4, 0.5) is 13.2 Å². The van der Waals surface area contributed by atoms with E-state index in [9.17, 15) is 13.2 Å². The summed E-state index contributed by atoms with van der Waals surface area (Å²) in [6.07, 6.45) is -4.76. The molecule has 0 aliphatic heterocycles. The van der Waals surface area contributed by atoms with Crippen molar-refractivity contribution in [2.75, 3.05) is 21.3 Å². The number of benzene rings is 2. The van der Waals surface area contributed by atoms with Gasteiger partial charge in [-0.15, -0.1) is 13.2 Å². The molecule has 0 saturated carbocycles. The Labute approximate surface area is 158 Å². The van der Waals surface area contributed by atoms with Gasteiger partial charge in [0.05, 0.1) is 26.4 Å². The molecule has 0 bridgehead atoms. The number of halogens is 5. The van der Waals surface area contributed by atoms with Gasteiger partial charge >= 0.3 is 27.6 Å². The fourth-order valence-electron chi connectivity index (χ4n) is 1.91. The Morgan fingerprint density at radius 1 is 0.880 bits per heavy atom. The van der Waals surface area contributed by atoms with Crippen molar-refractivity contribution < 1.29 is 53.3 Å². The summed E-state index contributed by atoms with van der Waals surface area (Å²) in [6.45, 7) is 0. The lowest BCUT2D eigenvalue weighted by Crippen LogP contribution is -3.61. The van der Waals surface area contributed by atoms with E-state index >= 15 is 0 Å². The van der Waals surface area contributed by atoms with E-state index in [4.69, 9.17) is 25.8 Å². The second kappa shape index (κ2) is 8.22. The number of alkyl halides is 3. The van der Waals surface area contributed by atoms with Gasteiger partial charge in [-0.1, -0.05) is 11.6 Å². The molecule has 2 aromatic carbocycles. The molecule has 0 aliphatic carbocycles. The number of ether oxygens (including phenoxy) is 4. The van der Waals surface area contributed by atoms with Crippen LogP contribution in [0.15, 0.2) is 30.3 Å². The zero-order chi connectivity index (χ0) is 18.6. The smallest absolute Gasteiger partial charge is 0.496 e. The summed E-state index contributed by atoms with van der Waals surface area (Å²) in [5, 5.41) is 0.189. The van der Waals surface area contributed by atoms with Gasteiger partial charge in [0.15, 0.2) is 11.5 Å². The van der Waals surface area contributed by atoms with E-state index < -0.39 is 27.6 Å². The van der Waals surface area contributed by atoms with Crippen molar-refractivity contribution in [1.82, 2.24) is 0 Å². The van der Waals surface area contributed by atoms with Gasteiger partial charge in [-0.05, 0) is 12.1 Å². The summed E-state index contributed by atoms with van der Waals surface area (Å²) >= 11 is 5.24. The van der Waals surface area contributed by atoms with Crippen LogP contribution in [0.3, 0.4) is 0 Å². The highest BCUT2D eigenvalue weighted by atomic mass is 127. The van der Waals surface area contributed by atoms with Gasteiger partial charge < -0.3 is 18.9 Å². The van der Waals surface area contributed by atoms with Crippen LogP contribution < -0.4 is 40.2 Å². The molecule has 0 N–H and O–H groups in total. The first kappa shape index (κ1) is 19.8. The Kier molecular flexibility index (Phi) is 6.50. The molecule has 0 fully saturated rings. The molecular formula is C16H14ClF3IO4+. The molecule has 4 nitrogen and oxygen atoms in total. The molecule has 0 radical (unpaired) electrons. The summed E-state index contributed by atoms with van der Waals surface area (Å²) in [4.78, 5) is 0. The van der Waals surface area contributed by atoms with E-state index in [1.54, 1.807) is 12.1 Å². The lowest BCUT2D eigenvalue weighted by molar-refractivity contribution is -0.598. The molecule has 2 aromatic rings. The van der Waals surface area contributed by atoms with Crippen LogP contribution in [0, 0.1) is 7.14 Å². The Balaban J connectivity index is 2.36. The molecule has 0 unspecified atom stereocenters. The van der Waals surface area contributed by atoms with Crippen molar-refractivity contribution in [3.8, 4) is 23.0 Å². The molecule has 0 saturated heterocycles. The summed E-state index contributed by atoms with van der Waals surface area (Å²) < 4.78 is 58.2. The van der Waals surface area contributed by atoms with Crippen LogP contribution in [0.1, 0.15) is 0 Å². The highest BCUT2D eigenvalue weighted by Gasteiger charge is 2.33. The highest BCUT2D eigenvalue weighted by Crippen LogP contribution is 2.28. The van der Waals surface area contributed by atoms with Gasteiger partial charge in [0.2, 0.25) is 3.57 Å². The third-order valence-electron chi connectivity index (χ3n) is 2.98. The molecule has 9 heteroatoms. The topological polar surface area (TPSA) is 36.9 Å². The fraction of sp³-hybridized carbons (Fsp3) is 0.250. The molecule has 0 heterocycles. The van der Waals surface area contributed by atoms with Crippen LogP contribution in [-0.2, 0) is 0 Å². The first-order valence-corrected chi connectivity index (χ1v) is 9.31. The zero-order valence-electron chi connectivity index (χ0n) is 13.4. The van der Waals surface area contributed by atoms with Gasteiger partial charge in [-0.2, -0.15) is 0 Å². The van der Waals surface area contributed by atoms with Crippen LogP contribution in [0.5, 0.6) is 23.0 Å². The molecule has 0 aliphatic rings. The van der Waals surface area contributed by atoms with E-state index in [-0.39, 0.29) is 10.8 Å². The largest absolute Gasteiger partial charge is 0.573 e. The van der Waals surface area contributed by atoms with E-state index in [1.807, 2.05) is 0 Å². The number of hydrogen-bond acceptors (Lipinski definition) is 4. The van der Waals surface area contributed by atoms with Crippen LogP contribution >= 0.6 is 11.6 Å². The average molecular weight is 490 g/mol. The van der Waals surface area contributed by atoms with Crippen molar-refractivity contribution in [3.63, 3.8) is 0 Å². The first-order valence-electron chi connectivity index (χ1n) is 6.77. The normalized spacial score (nSPS) is 11.2. The SMILES string of the molecule is COc1cc(OC)c([I+]c2ccc(OC(F)(F)F)cc2Cl)c(OC)c1. The minimum atomic E-state index is -4.76. The van der Waals surface area contributed by atoms with Crippen LogP contribution in [0.2, 0.25) is 5.02 Å². The van der Waals surface area contributed by atoms with Gasteiger partial charge in [0.1, 0.15) is 11.5 Å². The highest BCUT2D eigenvalue weighted by molar-refractivity contribution is 6.30. The van der Waals surface area contributed by atoms with E-state index in [1.165, 1.54) is 33.5 Å². The molecule has 0 atom stereocenters. The summed E-state index contributed by atoms with van der Waals surface area (Å²) in [7, 11) is 4.56. The maximum atomic E-state index is 12.3. The maximum Gasteiger partial charge on any atom is 0.573 e. The monoisotopic (exact) mass is 489 g/mol. The molecule has 2 rings (SSSR count). The Morgan fingerprint density at radius 3 is 1.92 bits per heavy atom. The lowest BCUT2D eigenvalue weighted by atomic mass is 10.3. The lowest BCUT2D eigenvalue weighted by Gasteiger charge is -2.09. The standard InChI is InChI=1S/C16H14ClF3IO4/c1-22-10-7-13(23-2)15(14(8-10)24-3)21-12-5-4-9(6-11(12)17)25-16(18,19)20/h4-8H,1-3H3/q+1. The Hall–Kier alpha value is -1.55. The minimum absolute atomic E-state index is 0.189. The minimum Gasteiger partial charge on any atom is -0.496 e. The van der Waals surface area contributed by atoms with Crippen LogP contribution in [0.25, 0.3) is 0 Å².